The van der Waals surface area contributed by atoms with E-state index < -0.39 is 11.7 Å². The molecular formula is C9H8F3NO2. The summed E-state index contributed by atoms with van der Waals surface area (Å²) < 4.78 is 46.4. The minimum atomic E-state index is -4.36. The molecule has 1 unspecified atom stereocenters. The van der Waals surface area contributed by atoms with Gasteiger partial charge in [0.1, 0.15) is 12.7 Å². The average Bonchev–Trinajstić information content (AvgIpc) is 2.97. The Labute approximate surface area is 83.8 Å². The van der Waals surface area contributed by atoms with Crippen LogP contribution in [0.5, 0.6) is 5.88 Å². The highest BCUT2D eigenvalue weighted by Gasteiger charge is 2.30. The Kier molecular flexibility index (Phi) is 2.52. The molecule has 1 aromatic heterocycles. The van der Waals surface area contributed by atoms with Crippen molar-refractivity contribution >= 4 is 0 Å². The minimum absolute atomic E-state index is 0.0640. The first-order chi connectivity index (χ1) is 7.05. The molecule has 0 amide bonds. The largest absolute Gasteiger partial charge is 0.475 e. The molecule has 1 atom stereocenters. The number of alkyl halides is 3. The standard InChI is InChI=1S/C9H8F3NO2/c10-9(11,12)6-1-2-8(13-3-6)15-5-7-4-14-7/h1-3,7H,4-5H2. The molecule has 1 fully saturated rings. The number of hydrogen-bond donors (Lipinski definition) is 0. The summed E-state index contributed by atoms with van der Waals surface area (Å²) >= 11 is 0. The third-order valence-electron chi connectivity index (χ3n) is 1.88. The van der Waals surface area contributed by atoms with Crippen LogP contribution in [0.2, 0.25) is 0 Å². The second-order valence-corrected chi connectivity index (χ2v) is 3.15. The lowest BCUT2D eigenvalue weighted by atomic mass is 10.3. The maximum atomic E-state index is 12.1. The normalized spacial score (nSPS) is 20.1. The van der Waals surface area contributed by atoms with E-state index >= 15 is 0 Å². The van der Waals surface area contributed by atoms with E-state index in [1.54, 1.807) is 0 Å². The molecule has 1 aromatic rings. The molecule has 2 heterocycles. The molecule has 0 radical (unpaired) electrons. The highest BCUT2D eigenvalue weighted by Crippen LogP contribution is 2.29. The number of halogens is 3. The van der Waals surface area contributed by atoms with Gasteiger partial charge in [-0.1, -0.05) is 0 Å². The fourth-order valence-electron chi connectivity index (χ4n) is 0.976. The molecule has 82 valence electrons. The average molecular weight is 219 g/mol. The topological polar surface area (TPSA) is 34.6 Å². The summed E-state index contributed by atoms with van der Waals surface area (Å²) in [6.45, 7) is 0.971. The molecule has 6 heteroatoms. The van der Waals surface area contributed by atoms with Crippen molar-refractivity contribution in [3.8, 4) is 5.88 Å². The molecule has 0 bridgehead atoms. The number of hydrogen-bond acceptors (Lipinski definition) is 3. The van der Waals surface area contributed by atoms with Crippen LogP contribution in [0.1, 0.15) is 5.56 Å². The highest BCUT2D eigenvalue weighted by molar-refractivity contribution is 5.20. The summed E-state index contributed by atoms with van der Waals surface area (Å²) in [6.07, 6.45) is -3.54. The summed E-state index contributed by atoms with van der Waals surface area (Å²) in [6, 6.07) is 2.14. The van der Waals surface area contributed by atoms with Gasteiger partial charge in [0.15, 0.2) is 0 Å². The fraction of sp³-hybridized carbons (Fsp3) is 0.444. The molecule has 3 nitrogen and oxygen atoms in total. The van der Waals surface area contributed by atoms with Gasteiger partial charge in [-0.05, 0) is 6.07 Å². The highest BCUT2D eigenvalue weighted by atomic mass is 19.4. The van der Waals surface area contributed by atoms with E-state index in [2.05, 4.69) is 4.98 Å². The first-order valence-corrected chi connectivity index (χ1v) is 4.33. The van der Waals surface area contributed by atoms with Crippen molar-refractivity contribution in [2.75, 3.05) is 13.2 Å². The molecule has 1 aliphatic heterocycles. The van der Waals surface area contributed by atoms with E-state index in [1.165, 1.54) is 6.07 Å². The summed E-state index contributed by atoms with van der Waals surface area (Å²) in [5.74, 6) is 0.179. The SMILES string of the molecule is FC(F)(F)c1ccc(OCC2CO2)nc1. The van der Waals surface area contributed by atoms with Gasteiger partial charge >= 0.3 is 6.18 Å². The minimum Gasteiger partial charge on any atom is -0.475 e. The van der Waals surface area contributed by atoms with Crippen LogP contribution in [0.25, 0.3) is 0 Å². The smallest absolute Gasteiger partial charge is 0.417 e. The molecule has 1 aliphatic rings. The molecule has 1 saturated heterocycles. The van der Waals surface area contributed by atoms with Crippen LogP contribution in [0.3, 0.4) is 0 Å². The van der Waals surface area contributed by atoms with Crippen molar-refractivity contribution in [2.24, 2.45) is 0 Å². The van der Waals surface area contributed by atoms with Crippen LogP contribution < -0.4 is 4.74 Å². The maximum Gasteiger partial charge on any atom is 0.417 e. The van der Waals surface area contributed by atoms with Crippen molar-refractivity contribution in [1.29, 1.82) is 0 Å². The van der Waals surface area contributed by atoms with E-state index in [4.69, 9.17) is 9.47 Å². The predicted octanol–water partition coefficient (Wildman–Crippen LogP) is 1.88. The Morgan fingerprint density at radius 1 is 1.47 bits per heavy atom. The Balaban J connectivity index is 1.96. The van der Waals surface area contributed by atoms with Crippen LogP contribution in [-0.4, -0.2) is 24.3 Å². The second-order valence-electron chi connectivity index (χ2n) is 3.15. The zero-order valence-corrected chi connectivity index (χ0v) is 7.62. The van der Waals surface area contributed by atoms with Crippen LogP contribution in [0, 0.1) is 0 Å². The van der Waals surface area contributed by atoms with Crippen molar-refractivity contribution in [3.05, 3.63) is 23.9 Å². The second kappa shape index (κ2) is 3.69. The lowest BCUT2D eigenvalue weighted by Crippen LogP contribution is -2.08. The third kappa shape index (κ3) is 2.82. The predicted molar refractivity (Wildman–Crippen MR) is 44.5 cm³/mol. The molecule has 0 aliphatic carbocycles. The van der Waals surface area contributed by atoms with Gasteiger partial charge in [-0.15, -0.1) is 0 Å². The van der Waals surface area contributed by atoms with E-state index in [0.717, 1.165) is 12.3 Å². The summed E-state index contributed by atoms with van der Waals surface area (Å²) in [5.41, 5.74) is -0.780. The number of ether oxygens (including phenoxy) is 2. The van der Waals surface area contributed by atoms with E-state index in [9.17, 15) is 13.2 Å². The molecule has 0 spiro atoms. The Morgan fingerprint density at radius 2 is 2.20 bits per heavy atom. The Bertz CT molecular complexity index is 332. The summed E-state index contributed by atoms with van der Waals surface area (Å²) in [7, 11) is 0. The number of epoxide rings is 1. The van der Waals surface area contributed by atoms with Crippen LogP contribution >= 0.6 is 0 Å². The maximum absolute atomic E-state index is 12.1. The quantitative estimate of drug-likeness (QED) is 0.728. The van der Waals surface area contributed by atoms with Gasteiger partial charge in [-0.25, -0.2) is 4.98 Å². The monoisotopic (exact) mass is 219 g/mol. The van der Waals surface area contributed by atoms with Gasteiger partial charge in [-0.3, -0.25) is 0 Å². The van der Waals surface area contributed by atoms with Crippen LogP contribution in [0.4, 0.5) is 13.2 Å². The molecular weight excluding hydrogens is 211 g/mol. The zero-order chi connectivity index (χ0) is 10.9. The van der Waals surface area contributed by atoms with E-state index in [0.29, 0.717) is 13.2 Å². The molecule has 0 aromatic carbocycles. The summed E-state index contributed by atoms with van der Waals surface area (Å²) in [4.78, 5) is 3.55. The third-order valence-corrected chi connectivity index (χ3v) is 1.88. The number of pyridine rings is 1. The lowest BCUT2D eigenvalue weighted by molar-refractivity contribution is -0.137. The first-order valence-electron chi connectivity index (χ1n) is 4.33. The van der Waals surface area contributed by atoms with Crippen molar-refractivity contribution in [1.82, 2.24) is 4.98 Å². The van der Waals surface area contributed by atoms with Crippen LogP contribution in [0.15, 0.2) is 18.3 Å². The van der Waals surface area contributed by atoms with Gasteiger partial charge in [-0.2, -0.15) is 13.2 Å². The summed E-state index contributed by atoms with van der Waals surface area (Å²) in [5, 5.41) is 0. The zero-order valence-electron chi connectivity index (χ0n) is 7.62. The number of nitrogens with zero attached hydrogens (tertiary/aromatic N) is 1. The Hall–Kier alpha value is -1.30. The van der Waals surface area contributed by atoms with E-state index in [-0.39, 0.29) is 12.0 Å². The van der Waals surface area contributed by atoms with Gasteiger partial charge in [0.05, 0.1) is 12.2 Å². The molecule has 0 N–H and O–H groups in total. The van der Waals surface area contributed by atoms with Crippen molar-refractivity contribution in [3.63, 3.8) is 0 Å². The first kappa shape index (κ1) is 10.2. The number of aromatic nitrogens is 1. The Morgan fingerprint density at radius 3 is 2.67 bits per heavy atom. The molecule has 2 rings (SSSR count). The van der Waals surface area contributed by atoms with Gasteiger partial charge in [0.25, 0.3) is 0 Å². The molecule has 15 heavy (non-hydrogen) atoms. The van der Waals surface area contributed by atoms with Gasteiger partial charge in [0.2, 0.25) is 5.88 Å². The van der Waals surface area contributed by atoms with Gasteiger partial charge < -0.3 is 9.47 Å². The van der Waals surface area contributed by atoms with E-state index in [1.807, 2.05) is 0 Å². The fourth-order valence-corrected chi connectivity index (χ4v) is 0.976. The van der Waals surface area contributed by atoms with Crippen molar-refractivity contribution in [2.45, 2.75) is 12.3 Å². The van der Waals surface area contributed by atoms with Gasteiger partial charge in [0, 0.05) is 12.3 Å². The number of rotatable bonds is 3. The lowest BCUT2D eigenvalue weighted by Gasteiger charge is -2.07. The van der Waals surface area contributed by atoms with Crippen molar-refractivity contribution < 1.29 is 22.6 Å². The molecule has 0 saturated carbocycles. The van der Waals surface area contributed by atoms with Crippen LogP contribution in [-0.2, 0) is 10.9 Å².